The van der Waals surface area contributed by atoms with Crippen LogP contribution in [-0.4, -0.2) is 45.9 Å². The number of rotatable bonds is 0. The first-order valence-electron chi connectivity index (χ1n) is 0.651. The second-order valence-corrected chi connectivity index (χ2v) is 0.283. The van der Waals surface area contributed by atoms with Crippen LogP contribution in [0.1, 0.15) is 7.43 Å². The third kappa shape index (κ3) is 626. The first-order valence-corrected chi connectivity index (χ1v) is 0.651. The van der Waals surface area contributed by atoms with Gasteiger partial charge in [0.05, 0.1) is 0 Å². The fraction of sp³-hybridized carbons (Fsp3) is 0.500. The van der Waals surface area contributed by atoms with E-state index in [0.717, 1.165) is 0 Å². The van der Waals surface area contributed by atoms with Crippen molar-refractivity contribution in [2.24, 2.45) is 0 Å². The summed E-state index contributed by atoms with van der Waals surface area (Å²) < 4.78 is 0. The van der Waals surface area contributed by atoms with Crippen LogP contribution in [0.4, 0.5) is 4.79 Å². The molecular weight excluding hydrogens is 95.0 g/mol. The third-order valence-corrected chi connectivity index (χ3v) is 0. The molecule has 1 radical (unpaired) electrons. The molecule has 0 saturated heterocycles. The van der Waals surface area contributed by atoms with E-state index in [1.165, 1.54) is 0 Å². The Bertz CT molecular complexity index is 31.8. The Balaban J connectivity index is -0.0000000450. The number of carbonyl (C=O) groups is 1. The molecule has 33 valence electrons. The molecule has 0 aromatic carbocycles. The molecule has 0 spiro atoms. The summed E-state index contributed by atoms with van der Waals surface area (Å²) in [6.45, 7) is 0. The van der Waals surface area contributed by atoms with E-state index in [0.29, 0.717) is 0 Å². The zero-order valence-corrected chi connectivity index (χ0v) is 4.80. The van der Waals surface area contributed by atoms with E-state index >= 15 is 0 Å². The maximum Gasteiger partial charge on any atom is 0.503 e. The van der Waals surface area contributed by atoms with Gasteiger partial charge in [0.25, 0.3) is 0 Å². The van der Waals surface area contributed by atoms with Crippen molar-refractivity contribution in [2.75, 3.05) is 0 Å². The van der Waals surface area contributed by atoms with Gasteiger partial charge in [-0.1, -0.05) is 7.43 Å². The molecule has 0 bridgehead atoms. The first kappa shape index (κ1) is 16.3. The maximum atomic E-state index is 8.56. The number of hydrogen-bond acceptors (Lipinski definition) is 1. The van der Waals surface area contributed by atoms with E-state index in [1.807, 2.05) is 0 Å². The second kappa shape index (κ2) is 8.99. The molecule has 2 N–H and O–H groups in total. The molecule has 0 fully saturated rings. The molecule has 0 atom stereocenters. The molecule has 0 aliphatic heterocycles. The van der Waals surface area contributed by atoms with Crippen molar-refractivity contribution in [2.45, 2.75) is 7.43 Å². The Labute approximate surface area is 58.3 Å². The second-order valence-electron chi connectivity index (χ2n) is 0.283. The standard InChI is InChI=1S/CH2O3.CH4.Na/c2-1(3)4;;/h(H2,2,3,4);1H4;. The molecule has 0 aromatic rings. The topological polar surface area (TPSA) is 57.5 Å². The molecule has 0 aliphatic rings. The van der Waals surface area contributed by atoms with Crippen LogP contribution in [0.15, 0.2) is 0 Å². The molecule has 6 heavy (non-hydrogen) atoms. The van der Waals surface area contributed by atoms with Gasteiger partial charge in [0.2, 0.25) is 0 Å². The maximum absolute atomic E-state index is 8.56. The van der Waals surface area contributed by atoms with E-state index in [-0.39, 0.29) is 37.0 Å². The van der Waals surface area contributed by atoms with Crippen molar-refractivity contribution in [3.8, 4) is 0 Å². The fourth-order valence-electron chi connectivity index (χ4n) is 0. The van der Waals surface area contributed by atoms with Crippen LogP contribution < -0.4 is 0 Å². The van der Waals surface area contributed by atoms with Crippen molar-refractivity contribution >= 4 is 35.7 Å². The first-order chi connectivity index (χ1) is 1.73. The fourth-order valence-corrected chi connectivity index (χ4v) is 0. The van der Waals surface area contributed by atoms with Gasteiger partial charge in [-0.15, -0.1) is 0 Å². The van der Waals surface area contributed by atoms with E-state index in [9.17, 15) is 0 Å². The van der Waals surface area contributed by atoms with Gasteiger partial charge < -0.3 is 10.2 Å². The van der Waals surface area contributed by atoms with Crippen molar-refractivity contribution < 1.29 is 15.0 Å². The Kier molecular flexibility index (Phi) is 24.4. The summed E-state index contributed by atoms with van der Waals surface area (Å²) in [7, 11) is 0. The zero-order chi connectivity index (χ0) is 3.58. The third-order valence-electron chi connectivity index (χ3n) is 0. The van der Waals surface area contributed by atoms with Crippen molar-refractivity contribution in [3.63, 3.8) is 0 Å². The van der Waals surface area contributed by atoms with Gasteiger partial charge in [0, 0.05) is 29.6 Å². The minimum atomic E-state index is -1.83. The van der Waals surface area contributed by atoms with Crippen molar-refractivity contribution in [1.29, 1.82) is 0 Å². The molecule has 0 amide bonds. The van der Waals surface area contributed by atoms with E-state index in [1.54, 1.807) is 0 Å². The van der Waals surface area contributed by atoms with Gasteiger partial charge in [-0.2, -0.15) is 0 Å². The van der Waals surface area contributed by atoms with Crippen LogP contribution in [0.3, 0.4) is 0 Å². The van der Waals surface area contributed by atoms with Crippen LogP contribution in [0, 0.1) is 0 Å². The summed E-state index contributed by atoms with van der Waals surface area (Å²) in [6.07, 6.45) is -1.83. The van der Waals surface area contributed by atoms with Gasteiger partial charge in [0.1, 0.15) is 0 Å². The smallest absolute Gasteiger partial charge is 0.450 e. The zero-order valence-electron chi connectivity index (χ0n) is 2.80. The average Bonchev–Trinajstić information content (AvgIpc) is 0.811. The van der Waals surface area contributed by atoms with Crippen LogP contribution in [0.5, 0.6) is 0 Å². The molecule has 0 saturated carbocycles. The van der Waals surface area contributed by atoms with E-state index in [2.05, 4.69) is 0 Å². The van der Waals surface area contributed by atoms with Crippen molar-refractivity contribution in [1.82, 2.24) is 0 Å². The Morgan fingerprint density at radius 3 is 1.33 bits per heavy atom. The summed E-state index contributed by atoms with van der Waals surface area (Å²) in [5.41, 5.74) is 0. The Hall–Kier alpha value is 0.270. The normalized spacial score (nSPS) is 4.00. The van der Waals surface area contributed by atoms with Crippen molar-refractivity contribution in [3.05, 3.63) is 0 Å². The summed E-state index contributed by atoms with van der Waals surface area (Å²) in [5, 5.41) is 13.9. The van der Waals surface area contributed by atoms with Crippen LogP contribution in [0.25, 0.3) is 0 Å². The molecular formula is C2H6NaO3. The van der Waals surface area contributed by atoms with Gasteiger partial charge in [-0.3, -0.25) is 0 Å². The molecule has 0 aromatic heterocycles. The SMILES string of the molecule is C.O=C(O)O.[Na]. The Morgan fingerprint density at radius 2 is 1.33 bits per heavy atom. The predicted octanol–water partition coefficient (Wildman–Crippen LogP) is 0.478. The molecule has 3 nitrogen and oxygen atoms in total. The summed E-state index contributed by atoms with van der Waals surface area (Å²) in [4.78, 5) is 8.56. The number of hydrogen-bond donors (Lipinski definition) is 2. The molecule has 0 unspecified atom stereocenters. The van der Waals surface area contributed by atoms with Crippen LogP contribution in [0.2, 0.25) is 0 Å². The van der Waals surface area contributed by atoms with E-state index in [4.69, 9.17) is 15.0 Å². The van der Waals surface area contributed by atoms with Gasteiger partial charge >= 0.3 is 6.16 Å². The molecule has 0 rings (SSSR count). The Morgan fingerprint density at radius 1 is 1.33 bits per heavy atom. The van der Waals surface area contributed by atoms with Crippen LogP contribution in [-0.2, 0) is 0 Å². The minimum absolute atomic E-state index is 0. The quantitative estimate of drug-likeness (QED) is 0.436. The van der Waals surface area contributed by atoms with Gasteiger partial charge in [-0.25, -0.2) is 4.79 Å². The average molecular weight is 101 g/mol. The molecule has 0 aliphatic carbocycles. The summed E-state index contributed by atoms with van der Waals surface area (Å²) in [6, 6.07) is 0. The van der Waals surface area contributed by atoms with Gasteiger partial charge in [-0.05, 0) is 0 Å². The largest absolute Gasteiger partial charge is 0.503 e. The number of carboxylic acid groups (broad SMARTS) is 2. The predicted molar refractivity (Wildman–Crippen MR) is 23.1 cm³/mol. The summed E-state index contributed by atoms with van der Waals surface area (Å²) >= 11 is 0. The summed E-state index contributed by atoms with van der Waals surface area (Å²) in [5.74, 6) is 0. The van der Waals surface area contributed by atoms with Crippen LogP contribution >= 0.6 is 0 Å². The van der Waals surface area contributed by atoms with E-state index < -0.39 is 6.16 Å². The minimum Gasteiger partial charge on any atom is -0.450 e. The van der Waals surface area contributed by atoms with Gasteiger partial charge in [0.15, 0.2) is 0 Å². The monoisotopic (exact) mass is 101 g/mol. The molecule has 4 heteroatoms. The molecule has 0 heterocycles.